The minimum Gasteiger partial charge on any atom is -0.497 e. The zero-order chi connectivity index (χ0) is 23.4. The van der Waals surface area contributed by atoms with Crippen LogP contribution in [0, 0.1) is 5.92 Å². The van der Waals surface area contributed by atoms with Crippen molar-refractivity contribution >= 4 is 33.7 Å². The maximum absolute atomic E-state index is 12.9. The predicted molar refractivity (Wildman–Crippen MR) is 125 cm³/mol. The molecule has 0 unspecified atom stereocenters. The molecule has 1 N–H and O–H groups in total. The Labute approximate surface area is 196 Å². The summed E-state index contributed by atoms with van der Waals surface area (Å²) in [5.74, 6) is 0.381. The first-order valence-corrected chi connectivity index (χ1v) is 13.0. The van der Waals surface area contributed by atoms with Gasteiger partial charge in [-0.2, -0.15) is 4.31 Å². The Bertz CT molecular complexity index is 1200. The number of rotatable bonds is 7. The summed E-state index contributed by atoms with van der Waals surface area (Å²) in [5.41, 5.74) is 0.702. The lowest BCUT2D eigenvalue weighted by molar-refractivity contribution is -0.121. The van der Waals surface area contributed by atoms with Gasteiger partial charge in [0.25, 0.3) is 0 Å². The van der Waals surface area contributed by atoms with Gasteiger partial charge in [0.05, 0.1) is 12.0 Å². The van der Waals surface area contributed by atoms with E-state index in [9.17, 15) is 13.2 Å². The van der Waals surface area contributed by atoms with Crippen LogP contribution in [-0.4, -0.2) is 55.3 Å². The van der Waals surface area contributed by atoms with Crippen molar-refractivity contribution in [1.82, 2.24) is 14.5 Å². The number of hydrogen-bond donors (Lipinski definition) is 1. The highest BCUT2D eigenvalue weighted by Gasteiger charge is 2.32. The van der Waals surface area contributed by atoms with E-state index in [0.29, 0.717) is 24.2 Å². The van der Waals surface area contributed by atoms with Gasteiger partial charge in [0.15, 0.2) is 0 Å². The van der Waals surface area contributed by atoms with Gasteiger partial charge in [-0.3, -0.25) is 10.1 Å². The van der Waals surface area contributed by atoms with Gasteiger partial charge in [-0.1, -0.05) is 5.10 Å². The van der Waals surface area contributed by atoms with Crippen molar-refractivity contribution in [2.75, 3.05) is 31.8 Å². The summed E-state index contributed by atoms with van der Waals surface area (Å²) in [6.07, 6.45) is 2.76. The molecular weight excluding hydrogens is 464 g/mol. The molecule has 1 aliphatic rings. The van der Waals surface area contributed by atoms with E-state index >= 15 is 0 Å². The first kappa shape index (κ1) is 23.3. The second kappa shape index (κ2) is 9.94. The average molecular weight is 489 g/mol. The van der Waals surface area contributed by atoms with Crippen LogP contribution in [0.15, 0.2) is 62.7 Å². The quantitative estimate of drug-likeness (QED) is 0.503. The maximum atomic E-state index is 12.9. The number of methoxy groups -OCH3 is 1. The van der Waals surface area contributed by atoms with E-state index in [1.54, 1.807) is 67.4 Å². The Balaban J connectivity index is 1.34. The number of carbonyl (C=O) groups excluding carboxylic acids is 1. The molecule has 0 aliphatic carbocycles. The average Bonchev–Trinajstić information content (AvgIpc) is 3.32. The maximum Gasteiger partial charge on any atom is 0.322 e. The van der Waals surface area contributed by atoms with Gasteiger partial charge in [0.2, 0.25) is 21.8 Å². The first-order chi connectivity index (χ1) is 15.9. The van der Waals surface area contributed by atoms with Crippen LogP contribution in [-0.2, 0) is 14.8 Å². The fraction of sp³-hybridized carbons (Fsp3) is 0.318. The highest BCUT2D eigenvalue weighted by molar-refractivity contribution is 7.98. The molecule has 174 valence electrons. The van der Waals surface area contributed by atoms with Crippen molar-refractivity contribution in [1.29, 1.82) is 0 Å². The minimum atomic E-state index is -3.58. The van der Waals surface area contributed by atoms with Gasteiger partial charge in [-0.25, -0.2) is 8.42 Å². The Hall–Kier alpha value is -2.89. The van der Waals surface area contributed by atoms with Crippen molar-refractivity contribution in [3.8, 4) is 17.2 Å². The molecule has 33 heavy (non-hydrogen) atoms. The molecule has 4 rings (SSSR count). The fourth-order valence-electron chi connectivity index (χ4n) is 3.59. The number of nitrogens with zero attached hydrogens (tertiary/aromatic N) is 3. The second-order valence-electron chi connectivity index (χ2n) is 7.48. The molecule has 1 aromatic heterocycles. The van der Waals surface area contributed by atoms with E-state index in [4.69, 9.17) is 9.15 Å². The molecule has 2 heterocycles. The third kappa shape index (κ3) is 5.21. The summed E-state index contributed by atoms with van der Waals surface area (Å²) < 4.78 is 37.9. The number of ether oxygens (including phenoxy) is 1. The Morgan fingerprint density at radius 2 is 1.76 bits per heavy atom. The molecule has 1 saturated heterocycles. The fourth-order valence-corrected chi connectivity index (χ4v) is 5.46. The van der Waals surface area contributed by atoms with Crippen LogP contribution in [0.4, 0.5) is 6.01 Å². The number of aromatic nitrogens is 2. The molecule has 1 aliphatic heterocycles. The Kier molecular flexibility index (Phi) is 7.01. The van der Waals surface area contributed by atoms with E-state index in [2.05, 4.69) is 15.5 Å². The number of thioether (sulfide) groups is 1. The zero-order valence-corrected chi connectivity index (χ0v) is 19.9. The molecule has 2 aromatic carbocycles. The highest BCUT2D eigenvalue weighted by atomic mass is 32.2. The van der Waals surface area contributed by atoms with Crippen molar-refractivity contribution < 1.29 is 22.4 Å². The van der Waals surface area contributed by atoms with E-state index in [1.807, 2.05) is 6.26 Å². The van der Waals surface area contributed by atoms with Gasteiger partial charge in [-0.15, -0.1) is 16.9 Å². The second-order valence-corrected chi connectivity index (χ2v) is 10.3. The summed E-state index contributed by atoms with van der Waals surface area (Å²) in [6, 6.07) is 13.9. The number of carbonyl (C=O) groups is 1. The number of hydrogen-bond acceptors (Lipinski definition) is 8. The molecule has 1 amide bonds. The molecule has 0 spiro atoms. The molecule has 0 bridgehead atoms. The largest absolute Gasteiger partial charge is 0.497 e. The highest BCUT2D eigenvalue weighted by Crippen LogP contribution is 2.27. The van der Waals surface area contributed by atoms with Crippen LogP contribution in [0.1, 0.15) is 12.8 Å². The number of nitrogens with one attached hydrogen (secondary N) is 1. The summed E-state index contributed by atoms with van der Waals surface area (Å²) in [7, 11) is -2.00. The van der Waals surface area contributed by atoms with Gasteiger partial charge in [0, 0.05) is 29.5 Å². The lowest BCUT2D eigenvalue weighted by Crippen LogP contribution is -2.41. The third-order valence-electron chi connectivity index (χ3n) is 5.51. The van der Waals surface area contributed by atoms with Crippen molar-refractivity contribution in [3.63, 3.8) is 0 Å². The van der Waals surface area contributed by atoms with Crippen LogP contribution < -0.4 is 10.1 Å². The van der Waals surface area contributed by atoms with E-state index < -0.39 is 10.0 Å². The smallest absolute Gasteiger partial charge is 0.322 e. The monoisotopic (exact) mass is 488 g/mol. The molecule has 0 radical (unpaired) electrons. The standard InChI is InChI=1S/C22H24N4O5S2/c1-30-17-5-3-16(4-6-17)21-24-25-22(31-21)23-20(27)15-11-13-26(14-12-15)33(28,29)19-9-7-18(32-2)8-10-19/h3-10,15H,11-14H2,1-2H3,(H,23,25,27). The van der Waals surface area contributed by atoms with Gasteiger partial charge >= 0.3 is 6.01 Å². The van der Waals surface area contributed by atoms with Crippen LogP contribution in [0.3, 0.4) is 0 Å². The molecule has 3 aromatic rings. The Morgan fingerprint density at radius 3 is 2.36 bits per heavy atom. The van der Waals surface area contributed by atoms with Crippen molar-refractivity contribution in [2.24, 2.45) is 5.92 Å². The predicted octanol–water partition coefficient (Wildman–Crippen LogP) is 3.51. The molecular formula is C22H24N4O5S2. The molecule has 9 nitrogen and oxygen atoms in total. The van der Waals surface area contributed by atoms with E-state index in [0.717, 1.165) is 4.90 Å². The molecule has 0 saturated carbocycles. The van der Waals surface area contributed by atoms with Gasteiger partial charge < -0.3 is 9.15 Å². The van der Waals surface area contributed by atoms with E-state index in [-0.39, 0.29) is 41.7 Å². The topological polar surface area (TPSA) is 115 Å². The summed E-state index contributed by atoms with van der Waals surface area (Å²) >= 11 is 1.55. The Morgan fingerprint density at radius 1 is 1.09 bits per heavy atom. The molecule has 1 fully saturated rings. The number of piperidine rings is 1. The summed E-state index contributed by atoms with van der Waals surface area (Å²) in [4.78, 5) is 13.9. The van der Waals surface area contributed by atoms with Crippen LogP contribution >= 0.6 is 11.8 Å². The zero-order valence-electron chi connectivity index (χ0n) is 18.2. The normalized spacial score (nSPS) is 15.3. The van der Waals surface area contributed by atoms with Crippen molar-refractivity contribution in [3.05, 3.63) is 48.5 Å². The SMILES string of the molecule is COc1ccc(-c2nnc(NC(=O)C3CCN(S(=O)(=O)c4ccc(SC)cc4)CC3)o2)cc1. The third-order valence-corrected chi connectivity index (χ3v) is 8.17. The summed E-state index contributed by atoms with van der Waals surface area (Å²) in [6.45, 7) is 0.539. The summed E-state index contributed by atoms with van der Waals surface area (Å²) in [5, 5.41) is 10.5. The van der Waals surface area contributed by atoms with Crippen LogP contribution in [0.2, 0.25) is 0 Å². The number of sulfonamides is 1. The van der Waals surface area contributed by atoms with Gasteiger partial charge in [0.1, 0.15) is 5.75 Å². The lowest BCUT2D eigenvalue weighted by Gasteiger charge is -2.30. The number of benzene rings is 2. The minimum absolute atomic E-state index is 0.00903. The van der Waals surface area contributed by atoms with Crippen LogP contribution in [0.25, 0.3) is 11.5 Å². The number of amides is 1. The lowest BCUT2D eigenvalue weighted by atomic mass is 9.97. The van der Waals surface area contributed by atoms with Crippen molar-refractivity contribution in [2.45, 2.75) is 22.6 Å². The first-order valence-electron chi connectivity index (χ1n) is 10.3. The van der Waals surface area contributed by atoms with Gasteiger partial charge in [-0.05, 0) is 67.6 Å². The van der Waals surface area contributed by atoms with Crippen LogP contribution in [0.5, 0.6) is 5.75 Å². The number of anilines is 1. The molecule has 0 atom stereocenters. The van der Waals surface area contributed by atoms with E-state index in [1.165, 1.54) is 4.31 Å². The molecule has 11 heteroatoms.